The molecule has 0 saturated carbocycles. The highest BCUT2D eigenvalue weighted by atomic mass is 16.5. The van der Waals surface area contributed by atoms with Gasteiger partial charge in [0, 0.05) is 25.2 Å². The van der Waals surface area contributed by atoms with Gasteiger partial charge in [-0.1, -0.05) is 42.5 Å². The molecule has 0 aromatic heterocycles. The van der Waals surface area contributed by atoms with Crippen LogP contribution in [-0.2, 0) is 4.74 Å². The second-order valence-electron chi connectivity index (χ2n) is 8.01. The van der Waals surface area contributed by atoms with E-state index in [1.807, 2.05) is 49.4 Å². The number of esters is 1. The van der Waals surface area contributed by atoms with Crippen molar-refractivity contribution in [2.24, 2.45) is 5.10 Å². The molecule has 0 aliphatic carbocycles. The molecule has 1 aliphatic rings. The lowest BCUT2D eigenvalue weighted by atomic mass is 9.97. The number of benzene rings is 3. The molecular formula is C28H31N3O2. The molecule has 3 aromatic carbocycles. The molecule has 170 valence electrons. The summed E-state index contributed by atoms with van der Waals surface area (Å²) in [6, 6.07) is 26.8. The van der Waals surface area contributed by atoms with Gasteiger partial charge in [0.05, 0.1) is 29.6 Å². The number of carbonyl (C=O) groups excluding carboxylic acids is 1. The van der Waals surface area contributed by atoms with Crippen molar-refractivity contribution in [1.29, 1.82) is 0 Å². The Kier molecular flexibility index (Phi) is 7.08. The number of hydrogen-bond acceptors (Lipinski definition) is 5. The second kappa shape index (κ2) is 10.3. The first-order valence-electron chi connectivity index (χ1n) is 11.7. The molecule has 5 nitrogen and oxygen atoms in total. The fourth-order valence-corrected chi connectivity index (χ4v) is 4.27. The van der Waals surface area contributed by atoms with Crippen LogP contribution in [-0.4, -0.2) is 31.4 Å². The number of hydrogen-bond donors (Lipinski definition) is 0. The van der Waals surface area contributed by atoms with Gasteiger partial charge in [-0.2, -0.15) is 5.10 Å². The van der Waals surface area contributed by atoms with Crippen LogP contribution in [0.15, 0.2) is 84.0 Å². The summed E-state index contributed by atoms with van der Waals surface area (Å²) in [5, 5.41) is 7.12. The van der Waals surface area contributed by atoms with E-state index in [-0.39, 0.29) is 12.0 Å². The Labute approximate surface area is 196 Å². The summed E-state index contributed by atoms with van der Waals surface area (Å²) in [5.74, 6) is -0.297. The maximum atomic E-state index is 12.0. The lowest BCUT2D eigenvalue weighted by Gasteiger charge is -2.25. The molecule has 0 spiro atoms. The van der Waals surface area contributed by atoms with Crippen LogP contribution >= 0.6 is 0 Å². The Bertz CT molecular complexity index is 1090. The van der Waals surface area contributed by atoms with Crippen LogP contribution in [0.5, 0.6) is 0 Å². The van der Waals surface area contributed by atoms with Crippen LogP contribution < -0.4 is 9.91 Å². The van der Waals surface area contributed by atoms with Crippen LogP contribution in [0.2, 0.25) is 0 Å². The third-order valence-corrected chi connectivity index (χ3v) is 6.07. The van der Waals surface area contributed by atoms with Crippen molar-refractivity contribution in [2.45, 2.75) is 33.2 Å². The zero-order valence-corrected chi connectivity index (χ0v) is 19.6. The first-order valence-corrected chi connectivity index (χ1v) is 11.7. The van der Waals surface area contributed by atoms with E-state index in [0.29, 0.717) is 12.2 Å². The van der Waals surface area contributed by atoms with Gasteiger partial charge < -0.3 is 9.64 Å². The molecule has 0 unspecified atom stereocenters. The lowest BCUT2D eigenvalue weighted by Crippen LogP contribution is -2.22. The minimum atomic E-state index is -0.297. The minimum Gasteiger partial charge on any atom is -0.462 e. The standard InChI is InChI=1S/C28H31N3O2/c1-4-30(5-2)24-18-16-22(17-19-24)27-20-26(29-31(27)25-10-8-7-9-11-25)21-12-14-23(15-13-21)28(32)33-6-3/h7-19,27H,4-6,20H2,1-3H3/t27-/m0/s1. The maximum absolute atomic E-state index is 12.0. The van der Waals surface area contributed by atoms with Crippen LogP contribution in [0.1, 0.15) is 54.7 Å². The van der Waals surface area contributed by atoms with Crippen molar-refractivity contribution in [1.82, 2.24) is 0 Å². The Morgan fingerprint density at radius 3 is 2.21 bits per heavy atom. The number of carbonyl (C=O) groups is 1. The Hall–Kier alpha value is -3.60. The van der Waals surface area contributed by atoms with Crippen molar-refractivity contribution < 1.29 is 9.53 Å². The van der Waals surface area contributed by atoms with Gasteiger partial charge >= 0.3 is 5.97 Å². The zero-order valence-electron chi connectivity index (χ0n) is 19.6. The monoisotopic (exact) mass is 441 g/mol. The quantitative estimate of drug-likeness (QED) is 0.398. The molecule has 4 rings (SSSR count). The van der Waals surface area contributed by atoms with Crippen molar-refractivity contribution in [3.8, 4) is 0 Å². The predicted molar refractivity (Wildman–Crippen MR) is 135 cm³/mol. The maximum Gasteiger partial charge on any atom is 0.338 e. The summed E-state index contributed by atoms with van der Waals surface area (Å²) in [4.78, 5) is 14.4. The largest absolute Gasteiger partial charge is 0.462 e. The molecule has 33 heavy (non-hydrogen) atoms. The third kappa shape index (κ3) is 4.92. The molecule has 0 N–H and O–H groups in total. The fraction of sp³-hybridized carbons (Fsp3) is 0.286. The average molecular weight is 442 g/mol. The van der Waals surface area contributed by atoms with Crippen LogP contribution in [0, 0.1) is 0 Å². The predicted octanol–water partition coefficient (Wildman–Crippen LogP) is 6.07. The van der Waals surface area contributed by atoms with Gasteiger partial charge in [-0.25, -0.2) is 4.79 Å². The molecule has 1 atom stereocenters. The number of para-hydroxylation sites is 1. The van der Waals surface area contributed by atoms with E-state index in [4.69, 9.17) is 9.84 Å². The highest BCUT2D eigenvalue weighted by molar-refractivity contribution is 6.04. The lowest BCUT2D eigenvalue weighted by molar-refractivity contribution is 0.0526. The molecular weight excluding hydrogens is 410 g/mol. The van der Waals surface area contributed by atoms with Crippen LogP contribution in [0.4, 0.5) is 11.4 Å². The van der Waals surface area contributed by atoms with E-state index >= 15 is 0 Å². The fourth-order valence-electron chi connectivity index (χ4n) is 4.27. The Morgan fingerprint density at radius 1 is 0.939 bits per heavy atom. The van der Waals surface area contributed by atoms with Gasteiger partial charge in [0.1, 0.15) is 0 Å². The summed E-state index contributed by atoms with van der Waals surface area (Å²) in [6.07, 6.45) is 0.790. The summed E-state index contributed by atoms with van der Waals surface area (Å²) in [6.45, 7) is 8.52. The van der Waals surface area contributed by atoms with Crippen LogP contribution in [0.25, 0.3) is 0 Å². The third-order valence-electron chi connectivity index (χ3n) is 6.07. The number of hydrazone groups is 1. The van der Waals surface area contributed by atoms with Gasteiger partial charge in [-0.3, -0.25) is 5.01 Å². The molecule has 0 radical (unpaired) electrons. The van der Waals surface area contributed by atoms with E-state index in [9.17, 15) is 4.79 Å². The first kappa shape index (κ1) is 22.6. The Balaban J connectivity index is 1.63. The topological polar surface area (TPSA) is 45.1 Å². The molecule has 1 heterocycles. The number of ether oxygens (including phenoxy) is 1. The summed E-state index contributed by atoms with van der Waals surface area (Å²) in [7, 11) is 0. The smallest absolute Gasteiger partial charge is 0.338 e. The summed E-state index contributed by atoms with van der Waals surface area (Å²) >= 11 is 0. The van der Waals surface area contributed by atoms with Gasteiger partial charge in [0.25, 0.3) is 0 Å². The zero-order chi connectivity index (χ0) is 23.2. The summed E-state index contributed by atoms with van der Waals surface area (Å²) in [5.41, 5.74) is 6.12. The second-order valence-corrected chi connectivity index (χ2v) is 8.01. The van der Waals surface area contributed by atoms with E-state index in [2.05, 4.69) is 60.2 Å². The average Bonchev–Trinajstić information content (AvgIpc) is 3.32. The molecule has 0 fully saturated rings. The SMILES string of the molecule is CCOC(=O)c1ccc(C2=NN(c3ccccc3)[C@H](c3ccc(N(CC)CC)cc3)C2)cc1. The van der Waals surface area contributed by atoms with E-state index in [0.717, 1.165) is 36.5 Å². The summed E-state index contributed by atoms with van der Waals surface area (Å²) < 4.78 is 5.10. The van der Waals surface area contributed by atoms with E-state index < -0.39 is 0 Å². The van der Waals surface area contributed by atoms with Crippen molar-refractivity contribution in [3.63, 3.8) is 0 Å². The van der Waals surface area contributed by atoms with Crippen molar-refractivity contribution in [3.05, 3.63) is 95.6 Å². The highest BCUT2D eigenvalue weighted by Gasteiger charge is 2.30. The van der Waals surface area contributed by atoms with Gasteiger partial charge in [0.2, 0.25) is 0 Å². The van der Waals surface area contributed by atoms with Crippen molar-refractivity contribution in [2.75, 3.05) is 29.6 Å². The molecule has 5 heteroatoms. The minimum absolute atomic E-state index is 0.109. The van der Waals surface area contributed by atoms with Gasteiger partial charge in [0.15, 0.2) is 0 Å². The highest BCUT2D eigenvalue weighted by Crippen LogP contribution is 2.37. The van der Waals surface area contributed by atoms with E-state index in [1.165, 1.54) is 11.3 Å². The van der Waals surface area contributed by atoms with Gasteiger partial charge in [-0.15, -0.1) is 0 Å². The Morgan fingerprint density at radius 2 is 1.61 bits per heavy atom. The van der Waals surface area contributed by atoms with Crippen LogP contribution in [0.3, 0.4) is 0 Å². The molecule has 0 saturated heterocycles. The number of anilines is 2. The normalized spacial score (nSPS) is 15.3. The van der Waals surface area contributed by atoms with E-state index in [1.54, 1.807) is 0 Å². The van der Waals surface area contributed by atoms with Gasteiger partial charge in [-0.05, 0) is 68.3 Å². The first-order chi connectivity index (χ1) is 16.1. The molecule has 3 aromatic rings. The molecule has 0 bridgehead atoms. The van der Waals surface area contributed by atoms with Crippen molar-refractivity contribution >= 4 is 23.1 Å². The number of rotatable bonds is 8. The molecule has 1 aliphatic heterocycles. The molecule has 0 amide bonds. The number of nitrogens with zero attached hydrogens (tertiary/aromatic N) is 3.